The van der Waals surface area contributed by atoms with E-state index in [4.69, 9.17) is 5.73 Å². The molecule has 2 aromatic carbocycles. The van der Waals surface area contributed by atoms with Crippen molar-refractivity contribution in [2.24, 2.45) is 0 Å². The van der Waals surface area contributed by atoms with Crippen LogP contribution in [0.4, 0.5) is 10.8 Å². The number of anilines is 2. The Balaban J connectivity index is 1.64. The summed E-state index contributed by atoms with van der Waals surface area (Å²) < 4.78 is 0. The van der Waals surface area contributed by atoms with Crippen molar-refractivity contribution in [2.45, 2.75) is 13.3 Å². The largest absolute Gasteiger partial charge is 0.375 e. The maximum Gasteiger partial charge on any atom is 0.258 e. The number of carbonyl (C=O) groups excluding carboxylic acids is 1. The van der Waals surface area contributed by atoms with Crippen LogP contribution in [-0.2, 0) is 6.42 Å². The van der Waals surface area contributed by atoms with Gasteiger partial charge in [0, 0.05) is 28.7 Å². The monoisotopic (exact) mass is 335 g/mol. The zero-order valence-electron chi connectivity index (χ0n) is 13.3. The van der Waals surface area contributed by atoms with Crippen LogP contribution < -0.4 is 10.6 Å². The molecule has 1 aliphatic rings. The number of aromatic nitrogens is 1. The van der Waals surface area contributed by atoms with Crippen LogP contribution in [0.25, 0.3) is 11.3 Å². The maximum atomic E-state index is 12.8. The van der Waals surface area contributed by atoms with E-state index < -0.39 is 0 Å². The fraction of sp³-hybridized carbons (Fsp3) is 0.158. The van der Waals surface area contributed by atoms with Gasteiger partial charge in [-0.3, -0.25) is 4.79 Å². The Morgan fingerprint density at radius 2 is 2.00 bits per heavy atom. The van der Waals surface area contributed by atoms with Crippen LogP contribution >= 0.6 is 11.3 Å². The third-order valence-corrected chi connectivity index (χ3v) is 5.01. The van der Waals surface area contributed by atoms with Gasteiger partial charge in [0.1, 0.15) is 0 Å². The van der Waals surface area contributed by atoms with E-state index in [1.54, 1.807) is 0 Å². The first-order chi connectivity index (χ1) is 11.6. The van der Waals surface area contributed by atoms with E-state index in [9.17, 15) is 4.79 Å². The average Bonchev–Trinajstić information content (AvgIpc) is 3.20. The lowest BCUT2D eigenvalue weighted by Crippen LogP contribution is -2.28. The second-order valence-corrected chi connectivity index (χ2v) is 6.88. The molecule has 0 saturated heterocycles. The molecule has 4 rings (SSSR count). The second kappa shape index (κ2) is 5.76. The summed E-state index contributed by atoms with van der Waals surface area (Å²) >= 11 is 1.44. The average molecular weight is 335 g/mol. The molecule has 3 aromatic rings. The number of aryl methyl sites for hydroxylation is 1. The summed E-state index contributed by atoms with van der Waals surface area (Å²) in [7, 11) is 0. The van der Waals surface area contributed by atoms with Crippen LogP contribution in [0.1, 0.15) is 21.5 Å². The van der Waals surface area contributed by atoms with E-state index in [2.05, 4.69) is 11.1 Å². The van der Waals surface area contributed by atoms with Gasteiger partial charge in [0.05, 0.1) is 5.69 Å². The fourth-order valence-electron chi connectivity index (χ4n) is 3.04. The van der Waals surface area contributed by atoms with Gasteiger partial charge in [-0.2, -0.15) is 0 Å². The standard InChI is InChI=1S/C19H17N3OS/c1-12-2-4-13(5-3-12)18(23)22-9-8-15-10-14(6-7-17(15)22)16-11-24-19(20)21-16/h2-7,10-11H,8-9H2,1H3,(H2,20,21). The van der Waals surface area contributed by atoms with Gasteiger partial charge in [-0.05, 0) is 43.2 Å². The highest BCUT2D eigenvalue weighted by Gasteiger charge is 2.26. The summed E-state index contributed by atoms with van der Waals surface area (Å²) in [5, 5.41) is 2.53. The summed E-state index contributed by atoms with van der Waals surface area (Å²) in [4.78, 5) is 19.0. The van der Waals surface area contributed by atoms with Gasteiger partial charge in [0.15, 0.2) is 5.13 Å². The first-order valence-corrected chi connectivity index (χ1v) is 8.72. The van der Waals surface area contributed by atoms with E-state index in [0.717, 1.165) is 34.5 Å². The van der Waals surface area contributed by atoms with Crippen LogP contribution in [0.5, 0.6) is 0 Å². The summed E-state index contributed by atoms with van der Waals surface area (Å²) in [6, 6.07) is 13.9. The van der Waals surface area contributed by atoms with Gasteiger partial charge in [-0.1, -0.05) is 23.8 Å². The van der Waals surface area contributed by atoms with Crippen molar-refractivity contribution in [2.75, 3.05) is 17.2 Å². The maximum absolute atomic E-state index is 12.8. The molecule has 0 fully saturated rings. The van der Waals surface area contributed by atoms with Gasteiger partial charge >= 0.3 is 0 Å². The summed E-state index contributed by atoms with van der Waals surface area (Å²) in [6.07, 6.45) is 0.862. The second-order valence-electron chi connectivity index (χ2n) is 5.99. The smallest absolute Gasteiger partial charge is 0.258 e. The van der Waals surface area contributed by atoms with E-state index in [1.165, 1.54) is 16.9 Å². The van der Waals surface area contributed by atoms with Crippen molar-refractivity contribution in [3.05, 3.63) is 64.5 Å². The number of nitrogens with two attached hydrogens (primary N) is 1. The molecule has 2 heterocycles. The van der Waals surface area contributed by atoms with Crippen molar-refractivity contribution >= 4 is 28.1 Å². The molecule has 5 heteroatoms. The number of hydrogen-bond donors (Lipinski definition) is 1. The molecule has 0 radical (unpaired) electrons. The van der Waals surface area contributed by atoms with Crippen LogP contribution in [0.15, 0.2) is 47.8 Å². The molecular weight excluding hydrogens is 318 g/mol. The normalized spacial score (nSPS) is 13.1. The molecule has 1 aromatic heterocycles. The van der Waals surface area contributed by atoms with E-state index in [1.807, 2.05) is 53.6 Å². The number of rotatable bonds is 2. The van der Waals surface area contributed by atoms with Crippen LogP contribution in [0, 0.1) is 6.92 Å². The minimum absolute atomic E-state index is 0.0550. The minimum atomic E-state index is 0.0550. The Kier molecular flexibility index (Phi) is 3.58. The lowest BCUT2D eigenvalue weighted by atomic mass is 10.1. The molecule has 0 saturated carbocycles. The zero-order valence-corrected chi connectivity index (χ0v) is 14.1. The fourth-order valence-corrected chi connectivity index (χ4v) is 3.62. The van der Waals surface area contributed by atoms with Crippen molar-refractivity contribution < 1.29 is 4.79 Å². The Hall–Kier alpha value is -2.66. The highest BCUT2D eigenvalue weighted by molar-refractivity contribution is 7.13. The first kappa shape index (κ1) is 14.9. The number of hydrogen-bond acceptors (Lipinski definition) is 4. The molecule has 2 N–H and O–H groups in total. The predicted molar refractivity (Wildman–Crippen MR) is 98.5 cm³/mol. The number of thiazole rings is 1. The van der Waals surface area contributed by atoms with Gasteiger partial charge in [0.25, 0.3) is 5.91 Å². The lowest BCUT2D eigenvalue weighted by Gasteiger charge is -2.17. The lowest BCUT2D eigenvalue weighted by molar-refractivity contribution is 0.0989. The molecule has 1 aliphatic heterocycles. The molecule has 1 amide bonds. The summed E-state index contributed by atoms with van der Waals surface area (Å²) in [6.45, 7) is 2.73. The molecule has 120 valence electrons. The number of carbonyl (C=O) groups is 1. The number of nitrogens with zero attached hydrogens (tertiary/aromatic N) is 2. The minimum Gasteiger partial charge on any atom is -0.375 e. The SMILES string of the molecule is Cc1ccc(C(=O)N2CCc3cc(-c4csc(N)n4)ccc32)cc1. The number of benzene rings is 2. The van der Waals surface area contributed by atoms with Gasteiger partial charge in [-0.15, -0.1) is 11.3 Å². The Bertz CT molecular complexity index is 915. The van der Waals surface area contributed by atoms with Crippen LogP contribution in [-0.4, -0.2) is 17.4 Å². The van der Waals surface area contributed by atoms with Gasteiger partial charge in [0.2, 0.25) is 0 Å². The quantitative estimate of drug-likeness (QED) is 0.772. The molecule has 0 bridgehead atoms. The predicted octanol–water partition coefficient (Wildman–Crippen LogP) is 3.90. The van der Waals surface area contributed by atoms with Gasteiger partial charge in [-0.25, -0.2) is 4.98 Å². The van der Waals surface area contributed by atoms with Crippen LogP contribution in [0.3, 0.4) is 0 Å². The van der Waals surface area contributed by atoms with Gasteiger partial charge < -0.3 is 10.6 Å². The molecule has 4 nitrogen and oxygen atoms in total. The van der Waals surface area contributed by atoms with Crippen molar-refractivity contribution in [3.63, 3.8) is 0 Å². The Morgan fingerprint density at radius 3 is 2.71 bits per heavy atom. The van der Waals surface area contributed by atoms with E-state index >= 15 is 0 Å². The van der Waals surface area contributed by atoms with Crippen LogP contribution in [0.2, 0.25) is 0 Å². The summed E-state index contributed by atoms with van der Waals surface area (Å²) in [5.74, 6) is 0.0550. The van der Waals surface area contributed by atoms with E-state index in [0.29, 0.717) is 11.7 Å². The molecule has 0 spiro atoms. The number of nitrogen functional groups attached to an aromatic ring is 1. The molecule has 0 aliphatic carbocycles. The molecular formula is C19H17N3OS. The van der Waals surface area contributed by atoms with E-state index in [-0.39, 0.29) is 5.91 Å². The third kappa shape index (κ3) is 2.57. The first-order valence-electron chi connectivity index (χ1n) is 7.84. The molecule has 24 heavy (non-hydrogen) atoms. The van der Waals surface area contributed by atoms with Crippen molar-refractivity contribution in [1.82, 2.24) is 4.98 Å². The Labute approximate surface area is 144 Å². The number of fused-ring (bicyclic) bond motifs is 1. The summed E-state index contributed by atoms with van der Waals surface area (Å²) in [5.41, 5.74) is 11.7. The zero-order chi connectivity index (χ0) is 16.7. The molecule has 0 unspecified atom stereocenters. The highest BCUT2D eigenvalue weighted by atomic mass is 32.1. The Morgan fingerprint density at radius 1 is 1.21 bits per heavy atom. The van der Waals surface area contributed by atoms with Crippen molar-refractivity contribution in [3.8, 4) is 11.3 Å². The highest BCUT2D eigenvalue weighted by Crippen LogP contribution is 2.33. The number of amides is 1. The van der Waals surface area contributed by atoms with Crippen molar-refractivity contribution in [1.29, 1.82) is 0 Å². The third-order valence-electron chi connectivity index (χ3n) is 4.34. The topological polar surface area (TPSA) is 59.2 Å². The molecule has 0 atom stereocenters.